The van der Waals surface area contributed by atoms with Crippen LogP contribution in [-0.4, -0.2) is 120 Å². The lowest BCUT2D eigenvalue weighted by atomic mass is 9.88. The van der Waals surface area contributed by atoms with Crippen molar-refractivity contribution in [3.05, 3.63) is 0 Å². The second kappa shape index (κ2) is 20.0. The molecule has 0 aliphatic rings. The van der Waals surface area contributed by atoms with Gasteiger partial charge in [-0.2, -0.15) is 0 Å². The zero-order valence-electron chi connectivity index (χ0n) is 21.5. The molecule has 0 spiro atoms. The van der Waals surface area contributed by atoms with Crippen molar-refractivity contribution in [1.29, 1.82) is 0 Å². The number of methoxy groups -OCH3 is 1. The fourth-order valence-electron chi connectivity index (χ4n) is 2.87. The Kier molecular flexibility index (Phi) is 19.9. The molecule has 0 amide bonds. The van der Waals surface area contributed by atoms with Gasteiger partial charge in [0.15, 0.2) is 0 Å². The normalized spacial score (nSPS) is 16.8. The fourth-order valence-corrected chi connectivity index (χ4v) is 4.13. The second-order valence-electron chi connectivity index (χ2n) is 8.34. The largest absolute Gasteiger partial charge is 0.391 e. The van der Waals surface area contributed by atoms with Crippen LogP contribution in [0.3, 0.4) is 0 Å². The average Bonchev–Trinajstić information content (AvgIpc) is 2.84. The van der Waals surface area contributed by atoms with Crippen molar-refractivity contribution in [1.82, 2.24) is 0 Å². The van der Waals surface area contributed by atoms with E-state index >= 15 is 0 Å². The van der Waals surface area contributed by atoms with Gasteiger partial charge in [0, 0.05) is 31.5 Å². The lowest BCUT2D eigenvalue weighted by Crippen LogP contribution is -2.39. The van der Waals surface area contributed by atoms with E-state index in [1.54, 1.807) is 21.0 Å². The minimum atomic E-state index is -2.70. The number of hydrogen-bond donors (Lipinski definition) is 3. The van der Waals surface area contributed by atoms with Gasteiger partial charge in [-0.3, -0.25) is 4.57 Å². The van der Waals surface area contributed by atoms with Gasteiger partial charge in [0.2, 0.25) is 7.37 Å². The summed E-state index contributed by atoms with van der Waals surface area (Å²) in [6, 6.07) is 0. The van der Waals surface area contributed by atoms with Crippen molar-refractivity contribution in [2.45, 2.75) is 51.9 Å². The number of rotatable bonds is 24. The predicted octanol–water partition coefficient (Wildman–Crippen LogP) is 1.46. The van der Waals surface area contributed by atoms with Crippen LogP contribution >= 0.6 is 7.37 Å². The first-order valence-corrected chi connectivity index (χ1v) is 13.8. The van der Waals surface area contributed by atoms with Crippen LogP contribution in [-0.2, 0) is 37.8 Å². The molecular formula is C22H47O11P. The maximum absolute atomic E-state index is 12.3. The van der Waals surface area contributed by atoms with Gasteiger partial charge in [0.1, 0.15) is 18.8 Å². The quantitative estimate of drug-likeness (QED) is 0.0971. The molecule has 0 aromatic carbocycles. The minimum Gasteiger partial charge on any atom is -0.391 e. The van der Waals surface area contributed by atoms with E-state index in [0.717, 1.165) is 0 Å². The first-order valence-electron chi connectivity index (χ1n) is 11.8. The molecule has 0 rings (SSSR count). The van der Waals surface area contributed by atoms with Gasteiger partial charge in [-0.15, -0.1) is 0 Å². The standard InChI is InChI=1S/C22H47O11P/c1-6-22(16-29-11-19(23)9-10-27-4,17-30-12-20(24)14-32-28-5)18-31-13-21(25)15-33-34(26,7-2)8-3/h19-21,23-25H,6-18H2,1-5H3. The van der Waals surface area contributed by atoms with E-state index in [1.165, 1.54) is 7.11 Å². The molecule has 0 heterocycles. The highest BCUT2D eigenvalue weighted by molar-refractivity contribution is 7.58. The Hall–Kier alpha value is -0.170. The van der Waals surface area contributed by atoms with E-state index in [2.05, 4.69) is 4.89 Å². The molecule has 12 heteroatoms. The molecule has 0 radical (unpaired) electrons. The molecule has 0 aromatic rings. The van der Waals surface area contributed by atoms with Crippen molar-refractivity contribution >= 4 is 7.37 Å². The van der Waals surface area contributed by atoms with Crippen LogP contribution in [0.25, 0.3) is 0 Å². The second-order valence-corrected chi connectivity index (χ2v) is 11.5. The van der Waals surface area contributed by atoms with Gasteiger partial charge in [0.05, 0.1) is 59.5 Å². The molecule has 0 aliphatic heterocycles. The molecule has 0 aromatic heterocycles. The first kappa shape index (κ1) is 33.8. The summed E-state index contributed by atoms with van der Waals surface area (Å²) in [7, 11) is 0.222. The van der Waals surface area contributed by atoms with Crippen LogP contribution in [0, 0.1) is 5.41 Å². The molecule has 4 unspecified atom stereocenters. The molecule has 0 fully saturated rings. The summed E-state index contributed by atoms with van der Waals surface area (Å²) in [6.45, 7) is 6.72. The Morgan fingerprint density at radius 2 is 1.26 bits per heavy atom. The average molecular weight is 519 g/mol. The van der Waals surface area contributed by atoms with E-state index < -0.39 is 31.1 Å². The van der Waals surface area contributed by atoms with E-state index in [0.29, 0.717) is 31.8 Å². The topological polar surface area (TPSA) is 142 Å². The molecule has 0 saturated carbocycles. The lowest BCUT2D eigenvalue weighted by molar-refractivity contribution is -0.286. The summed E-state index contributed by atoms with van der Waals surface area (Å²) in [5, 5.41) is 30.1. The summed E-state index contributed by atoms with van der Waals surface area (Å²) in [5.41, 5.74) is -0.578. The van der Waals surface area contributed by atoms with E-state index in [9.17, 15) is 19.9 Å². The number of aliphatic hydroxyl groups is 3. The van der Waals surface area contributed by atoms with Crippen LogP contribution in [0.15, 0.2) is 0 Å². The molecule has 0 saturated heterocycles. The third-order valence-corrected chi connectivity index (χ3v) is 7.95. The molecule has 0 bridgehead atoms. The third-order valence-electron chi connectivity index (χ3n) is 5.40. The number of ether oxygens (including phenoxy) is 4. The van der Waals surface area contributed by atoms with Crippen molar-refractivity contribution in [2.75, 3.05) is 86.0 Å². The fraction of sp³-hybridized carbons (Fsp3) is 1.00. The monoisotopic (exact) mass is 518 g/mol. The molecule has 34 heavy (non-hydrogen) atoms. The molecule has 0 aliphatic carbocycles. The molecule has 3 N–H and O–H groups in total. The zero-order chi connectivity index (χ0) is 25.9. The summed E-state index contributed by atoms with van der Waals surface area (Å²) in [4.78, 5) is 9.18. The molecule has 206 valence electrons. The van der Waals surface area contributed by atoms with Crippen molar-refractivity contribution in [3.63, 3.8) is 0 Å². The third kappa shape index (κ3) is 15.7. The highest BCUT2D eigenvalue weighted by Crippen LogP contribution is 2.45. The Morgan fingerprint density at radius 1 is 0.765 bits per heavy atom. The summed E-state index contributed by atoms with van der Waals surface area (Å²) in [6.07, 6.45) is -0.522. The summed E-state index contributed by atoms with van der Waals surface area (Å²) >= 11 is 0. The van der Waals surface area contributed by atoms with E-state index in [1.807, 2.05) is 6.92 Å². The number of hydrogen-bond acceptors (Lipinski definition) is 11. The van der Waals surface area contributed by atoms with Crippen LogP contribution in [0.1, 0.15) is 33.6 Å². The van der Waals surface area contributed by atoms with Crippen LogP contribution in [0.4, 0.5) is 0 Å². The minimum absolute atomic E-state index is 0.00402. The van der Waals surface area contributed by atoms with Gasteiger partial charge < -0.3 is 38.8 Å². The van der Waals surface area contributed by atoms with Crippen molar-refractivity contribution in [3.8, 4) is 0 Å². The Bertz CT molecular complexity index is 495. The number of aliphatic hydroxyl groups excluding tert-OH is 3. The molecule has 11 nitrogen and oxygen atoms in total. The van der Waals surface area contributed by atoms with Gasteiger partial charge >= 0.3 is 0 Å². The van der Waals surface area contributed by atoms with Crippen LogP contribution in [0.5, 0.6) is 0 Å². The Balaban J connectivity index is 4.80. The highest BCUT2D eigenvalue weighted by Gasteiger charge is 2.31. The lowest BCUT2D eigenvalue weighted by Gasteiger charge is -2.33. The van der Waals surface area contributed by atoms with E-state index in [4.69, 9.17) is 28.4 Å². The maximum atomic E-state index is 12.3. The maximum Gasteiger partial charge on any atom is 0.202 e. The van der Waals surface area contributed by atoms with Gasteiger partial charge in [-0.25, -0.2) is 9.78 Å². The van der Waals surface area contributed by atoms with Gasteiger partial charge in [-0.05, 0) is 12.8 Å². The van der Waals surface area contributed by atoms with Gasteiger partial charge in [0.25, 0.3) is 0 Å². The Labute approximate surface area is 204 Å². The smallest absolute Gasteiger partial charge is 0.202 e. The zero-order valence-corrected chi connectivity index (χ0v) is 22.4. The van der Waals surface area contributed by atoms with Crippen molar-refractivity contribution in [2.24, 2.45) is 5.41 Å². The van der Waals surface area contributed by atoms with Crippen molar-refractivity contribution < 1.29 is 53.1 Å². The van der Waals surface area contributed by atoms with Crippen LogP contribution in [0.2, 0.25) is 0 Å². The summed E-state index contributed by atoms with van der Waals surface area (Å²) < 4.78 is 40.0. The van der Waals surface area contributed by atoms with E-state index in [-0.39, 0.29) is 52.9 Å². The SMILES string of the molecule is CCC(COCC(O)CCOC)(COCC(O)COOC)COCC(O)COP(=O)(CC)CC. The predicted molar refractivity (Wildman–Crippen MR) is 127 cm³/mol. The highest BCUT2D eigenvalue weighted by atomic mass is 31.2. The van der Waals surface area contributed by atoms with Gasteiger partial charge in [-0.1, -0.05) is 20.8 Å². The molecular weight excluding hydrogens is 471 g/mol. The summed E-state index contributed by atoms with van der Waals surface area (Å²) in [5.74, 6) is 0. The molecule has 4 atom stereocenters. The Morgan fingerprint density at radius 3 is 1.71 bits per heavy atom. The van der Waals surface area contributed by atoms with Crippen LogP contribution < -0.4 is 0 Å². The first-order chi connectivity index (χ1) is 16.2.